The number of amides is 1. The van der Waals surface area contributed by atoms with Gasteiger partial charge in [0.05, 0.1) is 27.4 Å². The minimum absolute atomic E-state index is 0.0808. The van der Waals surface area contributed by atoms with Gasteiger partial charge < -0.3 is 25.3 Å². The van der Waals surface area contributed by atoms with Crippen molar-refractivity contribution >= 4 is 5.91 Å². The molecule has 1 aromatic rings. The molecular formula is C15H24N2O4. The normalized spacial score (nSPS) is 12.0. The average molecular weight is 296 g/mol. The zero-order valence-electron chi connectivity index (χ0n) is 13.2. The Morgan fingerprint density at radius 2 is 1.62 bits per heavy atom. The maximum absolute atomic E-state index is 11.9. The number of hydrogen-bond donors (Lipinski definition) is 2. The first-order valence-corrected chi connectivity index (χ1v) is 6.76. The van der Waals surface area contributed by atoms with Crippen LogP contribution in [0.2, 0.25) is 0 Å². The fraction of sp³-hybridized carbons (Fsp3) is 0.533. The van der Waals surface area contributed by atoms with E-state index in [2.05, 4.69) is 5.32 Å². The molecule has 0 fully saturated rings. The van der Waals surface area contributed by atoms with Crippen molar-refractivity contribution in [3.63, 3.8) is 0 Å². The predicted octanol–water partition coefficient (Wildman–Crippen LogP) is 1.31. The van der Waals surface area contributed by atoms with Gasteiger partial charge in [-0.1, -0.05) is 13.8 Å². The van der Waals surface area contributed by atoms with Crippen LogP contribution in [0.3, 0.4) is 0 Å². The van der Waals surface area contributed by atoms with Gasteiger partial charge in [0, 0.05) is 18.2 Å². The number of rotatable bonds is 7. The summed E-state index contributed by atoms with van der Waals surface area (Å²) in [7, 11) is 4.67. The Morgan fingerprint density at radius 1 is 1.10 bits per heavy atom. The lowest BCUT2D eigenvalue weighted by atomic mass is 10.0. The molecule has 118 valence electrons. The van der Waals surface area contributed by atoms with Crippen molar-refractivity contribution in [2.75, 3.05) is 21.3 Å². The fourth-order valence-electron chi connectivity index (χ4n) is 1.83. The van der Waals surface area contributed by atoms with Crippen LogP contribution in [0.15, 0.2) is 12.1 Å². The molecule has 0 saturated carbocycles. The zero-order chi connectivity index (χ0) is 16.0. The molecule has 6 heteroatoms. The molecule has 1 aromatic carbocycles. The highest BCUT2D eigenvalue weighted by Gasteiger charge is 2.18. The molecule has 0 radical (unpaired) electrons. The molecule has 0 heterocycles. The van der Waals surface area contributed by atoms with Gasteiger partial charge in [-0.15, -0.1) is 0 Å². The van der Waals surface area contributed by atoms with E-state index in [1.165, 1.54) is 0 Å². The molecule has 1 amide bonds. The second-order valence-electron chi connectivity index (χ2n) is 5.01. The van der Waals surface area contributed by atoms with Crippen molar-refractivity contribution in [2.45, 2.75) is 26.4 Å². The SMILES string of the molecule is COc1cc(OC)c(OC)cc1CNC(=O)C(N)C(C)C. The quantitative estimate of drug-likeness (QED) is 0.793. The molecule has 0 aliphatic carbocycles. The van der Waals surface area contributed by atoms with Gasteiger partial charge in [-0.25, -0.2) is 0 Å². The molecule has 0 aliphatic rings. The van der Waals surface area contributed by atoms with Crippen molar-refractivity contribution in [2.24, 2.45) is 11.7 Å². The lowest BCUT2D eigenvalue weighted by Crippen LogP contribution is -2.43. The maximum Gasteiger partial charge on any atom is 0.237 e. The highest BCUT2D eigenvalue weighted by Crippen LogP contribution is 2.34. The van der Waals surface area contributed by atoms with Gasteiger partial charge in [-0.2, -0.15) is 0 Å². The Labute approximate surface area is 125 Å². The molecule has 1 rings (SSSR count). The van der Waals surface area contributed by atoms with Crippen LogP contribution in [0.25, 0.3) is 0 Å². The van der Waals surface area contributed by atoms with E-state index < -0.39 is 6.04 Å². The summed E-state index contributed by atoms with van der Waals surface area (Å²) in [4.78, 5) is 11.9. The number of benzene rings is 1. The summed E-state index contributed by atoms with van der Waals surface area (Å²) in [6, 6.07) is 2.97. The van der Waals surface area contributed by atoms with E-state index in [-0.39, 0.29) is 11.8 Å². The predicted molar refractivity (Wildman–Crippen MR) is 80.8 cm³/mol. The van der Waals surface area contributed by atoms with Gasteiger partial charge in [0.25, 0.3) is 0 Å². The fourth-order valence-corrected chi connectivity index (χ4v) is 1.83. The number of nitrogens with two attached hydrogens (primary N) is 1. The summed E-state index contributed by atoms with van der Waals surface area (Å²) in [6.45, 7) is 4.12. The van der Waals surface area contributed by atoms with E-state index >= 15 is 0 Å². The molecule has 6 nitrogen and oxygen atoms in total. The molecule has 21 heavy (non-hydrogen) atoms. The lowest BCUT2D eigenvalue weighted by Gasteiger charge is -2.17. The number of ether oxygens (including phenoxy) is 3. The van der Waals surface area contributed by atoms with E-state index in [1.54, 1.807) is 33.5 Å². The Kier molecular flexibility index (Phi) is 6.30. The minimum atomic E-state index is -0.531. The topological polar surface area (TPSA) is 82.8 Å². The highest BCUT2D eigenvalue weighted by molar-refractivity contribution is 5.81. The molecular weight excluding hydrogens is 272 g/mol. The lowest BCUT2D eigenvalue weighted by molar-refractivity contribution is -0.123. The van der Waals surface area contributed by atoms with Crippen molar-refractivity contribution < 1.29 is 19.0 Å². The van der Waals surface area contributed by atoms with Gasteiger partial charge >= 0.3 is 0 Å². The van der Waals surface area contributed by atoms with Crippen molar-refractivity contribution in [3.05, 3.63) is 17.7 Å². The summed E-state index contributed by atoms with van der Waals surface area (Å²) < 4.78 is 15.8. The number of nitrogens with one attached hydrogen (secondary N) is 1. The summed E-state index contributed by atoms with van der Waals surface area (Å²) >= 11 is 0. The first-order chi connectivity index (χ1) is 9.94. The molecule has 0 saturated heterocycles. The molecule has 1 unspecified atom stereocenters. The second kappa shape index (κ2) is 7.73. The van der Waals surface area contributed by atoms with Gasteiger partial charge in [0.2, 0.25) is 5.91 Å². The van der Waals surface area contributed by atoms with Crippen LogP contribution in [0.4, 0.5) is 0 Å². The van der Waals surface area contributed by atoms with Gasteiger partial charge in [-0.05, 0) is 12.0 Å². The molecule has 3 N–H and O–H groups in total. The minimum Gasteiger partial charge on any atom is -0.496 e. The number of carbonyl (C=O) groups is 1. The number of methoxy groups -OCH3 is 3. The van der Waals surface area contributed by atoms with Gasteiger partial charge in [0.15, 0.2) is 11.5 Å². The van der Waals surface area contributed by atoms with E-state index in [0.29, 0.717) is 23.8 Å². The number of hydrogen-bond acceptors (Lipinski definition) is 5. The largest absolute Gasteiger partial charge is 0.496 e. The maximum atomic E-state index is 11.9. The first-order valence-electron chi connectivity index (χ1n) is 6.76. The molecule has 0 bridgehead atoms. The van der Waals surface area contributed by atoms with Crippen molar-refractivity contribution in [1.82, 2.24) is 5.32 Å². The van der Waals surface area contributed by atoms with Crippen LogP contribution in [0, 0.1) is 5.92 Å². The molecule has 1 atom stereocenters. The average Bonchev–Trinajstić information content (AvgIpc) is 2.50. The second-order valence-corrected chi connectivity index (χ2v) is 5.01. The van der Waals surface area contributed by atoms with Crippen LogP contribution >= 0.6 is 0 Å². The first kappa shape index (κ1) is 17.1. The van der Waals surface area contributed by atoms with E-state index in [4.69, 9.17) is 19.9 Å². The molecule has 0 aliphatic heterocycles. The van der Waals surface area contributed by atoms with E-state index in [9.17, 15) is 4.79 Å². The van der Waals surface area contributed by atoms with Crippen LogP contribution in [0.5, 0.6) is 17.2 Å². The Hall–Kier alpha value is -1.95. The monoisotopic (exact) mass is 296 g/mol. The Balaban J connectivity index is 2.90. The third-order valence-corrected chi connectivity index (χ3v) is 3.26. The zero-order valence-corrected chi connectivity index (χ0v) is 13.2. The van der Waals surface area contributed by atoms with Crippen LogP contribution < -0.4 is 25.3 Å². The van der Waals surface area contributed by atoms with Crippen molar-refractivity contribution in [3.8, 4) is 17.2 Å². The van der Waals surface area contributed by atoms with Crippen LogP contribution in [-0.2, 0) is 11.3 Å². The third-order valence-electron chi connectivity index (χ3n) is 3.26. The van der Waals surface area contributed by atoms with Crippen LogP contribution in [-0.4, -0.2) is 33.3 Å². The summed E-state index contributed by atoms with van der Waals surface area (Å²) in [6.07, 6.45) is 0. The smallest absolute Gasteiger partial charge is 0.237 e. The van der Waals surface area contributed by atoms with Crippen LogP contribution in [0.1, 0.15) is 19.4 Å². The molecule has 0 spiro atoms. The number of carbonyl (C=O) groups excluding carboxylic acids is 1. The standard InChI is InChI=1S/C15H24N2O4/c1-9(2)14(16)15(18)17-8-10-6-12(20-4)13(21-5)7-11(10)19-3/h6-7,9,14H,8,16H2,1-5H3,(H,17,18). The van der Waals surface area contributed by atoms with E-state index in [0.717, 1.165) is 5.56 Å². The Bertz CT molecular complexity index is 489. The van der Waals surface area contributed by atoms with E-state index in [1.807, 2.05) is 13.8 Å². The highest BCUT2D eigenvalue weighted by atomic mass is 16.5. The van der Waals surface area contributed by atoms with Crippen molar-refractivity contribution in [1.29, 1.82) is 0 Å². The summed E-state index contributed by atoms with van der Waals surface area (Å²) in [5.74, 6) is 1.66. The summed E-state index contributed by atoms with van der Waals surface area (Å²) in [5.41, 5.74) is 6.60. The molecule has 0 aromatic heterocycles. The van der Waals surface area contributed by atoms with Gasteiger partial charge in [0.1, 0.15) is 5.75 Å². The Morgan fingerprint density at radius 3 is 2.10 bits per heavy atom. The summed E-state index contributed by atoms with van der Waals surface area (Å²) in [5, 5.41) is 2.80. The third kappa shape index (κ3) is 4.26. The van der Waals surface area contributed by atoms with Gasteiger partial charge in [-0.3, -0.25) is 4.79 Å².